The quantitative estimate of drug-likeness (QED) is 0.238. The van der Waals surface area contributed by atoms with Gasteiger partial charge < -0.3 is 47.8 Å². The molecular weight excluding hydrogens is 414 g/mol. The molecule has 30 heavy (non-hydrogen) atoms. The van der Waals surface area contributed by atoms with Crippen molar-refractivity contribution in [3.63, 3.8) is 0 Å². The fourth-order valence-corrected chi connectivity index (χ4v) is 0.0962. The van der Waals surface area contributed by atoms with Crippen molar-refractivity contribution < 1.29 is 59.4 Å². The second-order valence-electron chi connectivity index (χ2n) is 4.35. The molecule has 0 amide bonds. The van der Waals surface area contributed by atoms with Gasteiger partial charge in [0.2, 0.25) is 0 Å². The topological polar surface area (TPSA) is 302 Å². The SMILES string of the molecule is CC(=O)O.CC(=O)O.CC(=O)O.CC(=O)O.CC(=O)O.CC(=O)O.NCC(N)CN. The summed E-state index contributed by atoms with van der Waals surface area (Å²) < 4.78 is 0. The van der Waals surface area contributed by atoms with Gasteiger partial charge in [0.05, 0.1) is 0 Å². The van der Waals surface area contributed by atoms with Crippen molar-refractivity contribution in [2.75, 3.05) is 13.1 Å². The summed E-state index contributed by atoms with van der Waals surface area (Å²) in [5, 5.41) is 44.5. The Morgan fingerprint density at radius 1 is 0.500 bits per heavy atom. The van der Waals surface area contributed by atoms with Crippen LogP contribution in [0, 0.1) is 0 Å². The molecule has 0 aliphatic heterocycles. The van der Waals surface area contributed by atoms with E-state index in [4.69, 9.17) is 76.6 Å². The fraction of sp³-hybridized carbons (Fsp3) is 0.600. The van der Waals surface area contributed by atoms with Crippen LogP contribution in [0.15, 0.2) is 0 Å². The molecular formula is C15H35N3O12. The summed E-state index contributed by atoms with van der Waals surface area (Å²) in [6, 6.07) is -0.00926. The number of hydrogen-bond acceptors (Lipinski definition) is 9. The summed E-state index contributed by atoms with van der Waals surface area (Å²) in [5.74, 6) is -5.00. The van der Waals surface area contributed by atoms with Crippen molar-refractivity contribution in [2.45, 2.75) is 47.6 Å². The molecule has 0 atom stereocenters. The largest absolute Gasteiger partial charge is 0.481 e. The minimum Gasteiger partial charge on any atom is -0.481 e. The Kier molecular flexibility index (Phi) is 61.2. The summed E-state index contributed by atoms with van der Waals surface area (Å²) in [6.07, 6.45) is 0. The first-order chi connectivity index (χ1) is 13.2. The molecule has 182 valence electrons. The van der Waals surface area contributed by atoms with Gasteiger partial charge in [-0.3, -0.25) is 28.8 Å². The Morgan fingerprint density at radius 3 is 0.567 bits per heavy atom. The molecule has 0 heterocycles. The van der Waals surface area contributed by atoms with Crippen LogP contribution in [0.4, 0.5) is 0 Å². The van der Waals surface area contributed by atoms with E-state index in [1.54, 1.807) is 0 Å². The van der Waals surface area contributed by atoms with E-state index in [2.05, 4.69) is 0 Å². The number of carboxylic acid groups (broad SMARTS) is 6. The molecule has 15 nitrogen and oxygen atoms in total. The van der Waals surface area contributed by atoms with Gasteiger partial charge in [0.15, 0.2) is 0 Å². The normalized spacial score (nSPS) is 7.00. The number of nitrogens with two attached hydrogens (primary N) is 3. The maximum Gasteiger partial charge on any atom is 0.300 e. The molecule has 15 heteroatoms. The zero-order valence-corrected chi connectivity index (χ0v) is 17.9. The van der Waals surface area contributed by atoms with Crippen LogP contribution in [0.25, 0.3) is 0 Å². The van der Waals surface area contributed by atoms with E-state index in [-0.39, 0.29) is 6.04 Å². The van der Waals surface area contributed by atoms with Crippen LogP contribution in [0.2, 0.25) is 0 Å². The molecule has 0 aliphatic rings. The highest BCUT2D eigenvalue weighted by molar-refractivity contribution is 5.64. The van der Waals surface area contributed by atoms with Gasteiger partial charge in [0.1, 0.15) is 0 Å². The van der Waals surface area contributed by atoms with Gasteiger partial charge in [0.25, 0.3) is 35.8 Å². The molecule has 0 fully saturated rings. The molecule has 0 bridgehead atoms. The second-order valence-corrected chi connectivity index (χ2v) is 4.35. The zero-order valence-electron chi connectivity index (χ0n) is 17.9. The smallest absolute Gasteiger partial charge is 0.300 e. The first-order valence-electron chi connectivity index (χ1n) is 7.53. The average molecular weight is 449 g/mol. The predicted molar refractivity (Wildman–Crippen MR) is 106 cm³/mol. The van der Waals surface area contributed by atoms with Gasteiger partial charge in [-0.2, -0.15) is 0 Å². The Bertz CT molecular complexity index is 335. The van der Waals surface area contributed by atoms with Crippen LogP contribution in [0.5, 0.6) is 0 Å². The summed E-state index contributed by atoms with van der Waals surface area (Å²) in [7, 11) is 0. The van der Waals surface area contributed by atoms with E-state index in [0.717, 1.165) is 41.5 Å². The molecule has 0 saturated carbocycles. The lowest BCUT2D eigenvalue weighted by Crippen LogP contribution is -2.36. The molecule has 0 aromatic carbocycles. The molecule has 0 aromatic rings. The highest BCUT2D eigenvalue weighted by Crippen LogP contribution is 1.60. The van der Waals surface area contributed by atoms with Gasteiger partial charge >= 0.3 is 0 Å². The first-order valence-corrected chi connectivity index (χ1v) is 7.53. The number of hydrogen-bond donors (Lipinski definition) is 9. The van der Waals surface area contributed by atoms with Crippen LogP contribution in [-0.2, 0) is 28.8 Å². The minimum absolute atomic E-state index is 0.00926. The number of rotatable bonds is 2. The predicted octanol–water partition coefficient (Wildman–Crippen LogP) is -1.22. The second kappa shape index (κ2) is 40.4. The third kappa shape index (κ3) is 28300. The van der Waals surface area contributed by atoms with Crippen molar-refractivity contribution in [3.8, 4) is 0 Å². The van der Waals surface area contributed by atoms with Gasteiger partial charge in [-0.1, -0.05) is 0 Å². The van der Waals surface area contributed by atoms with Crippen molar-refractivity contribution in [1.29, 1.82) is 0 Å². The maximum atomic E-state index is 9.00. The maximum absolute atomic E-state index is 9.00. The van der Waals surface area contributed by atoms with E-state index < -0.39 is 35.8 Å². The Labute approximate surface area is 174 Å². The molecule has 0 aliphatic carbocycles. The Morgan fingerprint density at radius 2 is 0.567 bits per heavy atom. The highest BCUT2D eigenvalue weighted by Gasteiger charge is 1.89. The molecule has 0 unspecified atom stereocenters. The molecule has 12 N–H and O–H groups in total. The fourth-order valence-electron chi connectivity index (χ4n) is 0.0962. The average Bonchev–Trinajstić information content (AvgIpc) is 2.42. The number of aliphatic carboxylic acids is 6. The Hall–Kier alpha value is -3.30. The third-order valence-electron chi connectivity index (χ3n) is 0.605. The summed E-state index contributed by atoms with van der Waals surface area (Å²) in [5.41, 5.74) is 15.4. The number of carboxylic acids is 6. The lowest BCUT2D eigenvalue weighted by Gasteiger charge is -1.99. The van der Waals surface area contributed by atoms with Crippen LogP contribution >= 0.6 is 0 Å². The van der Waals surface area contributed by atoms with Gasteiger partial charge in [-0.25, -0.2) is 0 Å². The van der Waals surface area contributed by atoms with Gasteiger partial charge in [-0.05, 0) is 0 Å². The van der Waals surface area contributed by atoms with Crippen molar-refractivity contribution in [3.05, 3.63) is 0 Å². The minimum atomic E-state index is -0.833. The standard InChI is InChI=1S/C3H11N3.6C2H4O2/c4-1-3(6)2-5;6*1-2(3)4/h3H,1-2,4-6H2;6*1H3,(H,3,4). The van der Waals surface area contributed by atoms with E-state index in [1.807, 2.05) is 0 Å². The molecule has 0 spiro atoms. The monoisotopic (exact) mass is 449 g/mol. The van der Waals surface area contributed by atoms with E-state index in [1.165, 1.54) is 0 Å². The van der Waals surface area contributed by atoms with Crippen LogP contribution < -0.4 is 17.2 Å². The van der Waals surface area contributed by atoms with Crippen LogP contribution in [0.1, 0.15) is 41.5 Å². The summed E-state index contributed by atoms with van der Waals surface area (Å²) in [4.78, 5) is 54.0. The molecule has 0 rings (SSSR count). The lowest BCUT2D eigenvalue weighted by atomic mass is 10.3. The molecule has 0 aromatic heterocycles. The summed E-state index contributed by atoms with van der Waals surface area (Å²) >= 11 is 0. The first kappa shape index (κ1) is 45.4. The van der Waals surface area contributed by atoms with E-state index in [0.29, 0.717) is 13.1 Å². The van der Waals surface area contributed by atoms with Gasteiger partial charge in [-0.15, -0.1) is 0 Å². The van der Waals surface area contributed by atoms with Crippen LogP contribution in [0.3, 0.4) is 0 Å². The van der Waals surface area contributed by atoms with Crippen LogP contribution in [-0.4, -0.2) is 85.6 Å². The van der Waals surface area contributed by atoms with Crippen molar-refractivity contribution >= 4 is 35.8 Å². The highest BCUT2D eigenvalue weighted by atomic mass is 16.4. The molecule has 0 radical (unpaired) electrons. The third-order valence-corrected chi connectivity index (χ3v) is 0.605. The van der Waals surface area contributed by atoms with E-state index >= 15 is 0 Å². The van der Waals surface area contributed by atoms with Gasteiger partial charge in [0, 0.05) is 60.7 Å². The van der Waals surface area contributed by atoms with Crippen molar-refractivity contribution in [2.24, 2.45) is 17.2 Å². The summed E-state index contributed by atoms with van der Waals surface area (Å²) in [6.45, 7) is 7.47. The number of carbonyl (C=O) groups is 6. The Balaban J connectivity index is -0.0000000414. The lowest BCUT2D eigenvalue weighted by molar-refractivity contribution is -0.135. The molecule has 0 saturated heterocycles. The zero-order chi connectivity index (χ0) is 26.5. The van der Waals surface area contributed by atoms with E-state index in [9.17, 15) is 0 Å². The van der Waals surface area contributed by atoms with Crippen molar-refractivity contribution in [1.82, 2.24) is 0 Å².